The summed E-state index contributed by atoms with van der Waals surface area (Å²) in [5.74, 6) is -0.725. The predicted molar refractivity (Wildman–Crippen MR) is 75.3 cm³/mol. The molecule has 0 bridgehead atoms. The highest BCUT2D eigenvalue weighted by Crippen LogP contribution is 2.69. The summed E-state index contributed by atoms with van der Waals surface area (Å²) in [4.78, 5) is 23.9. The van der Waals surface area contributed by atoms with Crippen molar-refractivity contribution in [1.82, 2.24) is 0 Å². The number of Topliss-reactive ketones (excluding diaryl/α,β-unsaturated/α-hetero) is 1. The van der Waals surface area contributed by atoms with Crippen LogP contribution in [0.1, 0.15) is 30.9 Å². The summed E-state index contributed by atoms with van der Waals surface area (Å²) >= 11 is 0. The van der Waals surface area contributed by atoms with Gasteiger partial charge in [0.15, 0.2) is 0 Å². The zero-order valence-corrected chi connectivity index (χ0v) is 11.9. The predicted octanol–water partition coefficient (Wildman–Crippen LogP) is 2.85. The number of rotatable bonds is 4. The van der Waals surface area contributed by atoms with Crippen molar-refractivity contribution >= 4 is 11.8 Å². The third-order valence-corrected chi connectivity index (χ3v) is 5.34. The van der Waals surface area contributed by atoms with Gasteiger partial charge in [0.2, 0.25) is 0 Å². The van der Waals surface area contributed by atoms with Crippen LogP contribution in [0, 0.1) is 30.1 Å². The van der Waals surface area contributed by atoms with E-state index < -0.39 is 11.4 Å². The molecule has 0 aliphatic heterocycles. The Labute approximate surface area is 119 Å². The molecule has 0 spiro atoms. The molecule has 0 saturated heterocycles. The van der Waals surface area contributed by atoms with Gasteiger partial charge in [-0.3, -0.25) is 9.59 Å². The maximum atomic E-state index is 12.4. The van der Waals surface area contributed by atoms with Crippen molar-refractivity contribution in [1.29, 1.82) is 0 Å². The summed E-state index contributed by atoms with van der Waals surface area (Å²) in [6.45, 7) is 3.93. The van der Waals surface area contributed by atoms with E-state index in [0.29, 0.717) is 6.42 Å². The minimum Gasteiger partial charge on any atom is -0.481 e. The number of aliphatic carboxylic acids is 1. The van der Waals surface area contributed by atoms with E-state index in [1.807, 2.05) is 13.8 Å². The van der Waals surface area contributed by atoms with Crippen molar-refractivity contribution in [3.63, 3.8) is 0 Å². The van der Waals surface area contributed by atoms with Gasteiger partial charge in [0.25, 0.3) is 0 Å². The first-order valence-electron chi connectivity index (χ1n) is 7.33. The van der Waals surface area contributed by atoms with E-state index in [2.05, 4.69) is 24.3 Å². The monoisotopic (exact) mass is 272 g/mol. The highest BCUT2D eigenvalue weighted by Gasteiger charge is 2.75. The molecule has 0 radical (unpaired) electrons. The van der Waals surface area contributed by atoms with Gasteiger partial charge >= 0.3 is 5.97 Å². The summed E-state index contributed by atoms with van der Waals surface area (Å²) in [5.41, 5.74) is 1.65. The normalized spacial score (nSPS) is 34.9. The average Bonchev–Trinajstić information content (AvgIpc) is 2.97. The fraction of sp³-hybridized carbons (Fsp3) is 0.529. The number of carboxylic acid groups (broad SMARTS) is 1. The van der Waals surface area contributed by atoms with Crippen LogP contribution >= 0.6 is 0 Å². The lowest BCUT2D eigenvalue weighted by Crippen LogP contribution is -2.27. The van der Waals surface area contributed by atoms with E-state index in [0.717, 1.165) is 12.8 Å². The zero-order valence-electron chi connectivity index (χ0n) is 11.9. The number of benzene rings is 1. The van der Waals surface area contributed by atoms with E-state index in [1.54, 1.807) is 0 Å². The minimum atomic E-state index is -0.780. The fourth-order valence-electron chi connectivity index (χ4n) is 4.11. The van der Waals surface area contributed by atoms with E-state index in [1.165, 1.54) is 11.1 Å². The van der Waals surface area contributed by atoms with Crippen LogP contribution in [0.25, 0.3) is 0 Å². The molecule has 3 heteroatoms. The molecular formula is C17H20O3. The van der Waals surface area contributed by atoms with Crippen molar-refractivity contribution in [2.75, 3.05) is 0 Å². The first kappa shape index (κ1) is 13.3. The Morgan fingerprint density at radius 3 is 2.45 bits per heavy atom. The molecule has 2 fully saturated rings. The number of hydrogen-bond donors (Lipinski definition) is 1. The number of ketones is 1. The molecule has 2 aliphatic rings. The highest BCUT2D eigenvalue weighted by molar-refractivity contribution is 5.98. The average molecular weight is 272 g/mol. The first-order valence-corrected chi connectivity index (χ1v) is 7.33. The molecule has 20 heavy (non-hydrogen) atoms. The lowest BCUT2D eigenvalue weighted by atomic mass is 9.84. The third kappa shape index (κ3) is 1.72. The van der Waals surface area contributed by atoms with E-state index in [-0.39, 0.29) is 23.5 Å². The van der Waals surface area contributed by atoms with Crippen molar-refractivity contribution in [3.8, 4) is 0 Å². The van der Waals surface area contributed by atoms with Gasteiger partial charge in [-0.25, -0.2) is 0 Å². The van der Waals surface area contributed by atoms with Crippen molar-refractivity contribution in [3.05, 3.63) is 35.4 Å². The number of fused-ring (bicyclic) bond motifs is 1. The summed E-state index contributed by atoms with van der Waals surface area (Å²) in [6, 6.07) is 8.25. The molecule has 1 aromatic rings. The Kier molecular flexibility index (Phi) is 2.96. The summed E-state index contributed by atoms with van der Waals surface area (Å²) < 4.78 is 0. The van der Waals surface area contributed by atoms with E-state index >= 15 is 0 Å². The molecule has 0 heterocycles. The van der Waals surface area contributed by atoms with Crippen LogP contribution < -0.4 is 0 Å². The summed E-state index contributed by atoms with van der Waals surface area (Å²) in [6.07, 6.45) is 2.07. The molecule has 3 nitrogen and oxygen atoms in total. The fourth-order valence-corrected chi connectivity index (χ4v) is 4.11. The molecule has 1 N–H and O–H groups in total. The molecule has 4 atom stereocenters. The van der Waals surface area contributed by atoms with Crippen molar-refractivity contribution in [2.45, 2.75) is 33.1 Å². The second-order valence-corrected chi connectivity index (χ2v) is 6.31. The Bertz CT molecular complexity index is 560. The van der Waals surface area contributed by atoms with Crippen LogP contribution in [0.15, 0.2) is 24.3 Å². The Morgan fingerprint density at radius 1 is 1.35 bits per heavy atom. The van der Waals surface area contributed by atoms with Gasteiger partial charge in [-0.1, -0.05) is 36.8 Å². The van der Waals surface area contributed by atoms with Crippen LogP contribution in [0.3, 0.4) is 0 Å². The molecule has 2 saturated carbocycles. The van der Waals surface area contributed by atoms with Crippen LogP contribution in [0.5, 0.6) is 0 Å². The van der Waals surface area contributed by atoms with Crippen LogP contribution in [-0.2, 0) is 16.0 Å². The van der Waals surface area contributed by atoms with Gasteiger partial charge in [0.1, 0.15) is 5.78 Å². The largest absolute Gasteiger partial charge is 0.481 e. The molecule has 106 valence electrons. The first-order chi connectivity index (χ1) is 9.50. The number of aryl methyl sites for hydroxylation is 1. The maximum absolute atomic E-state index is 12.4. The van der Waals surface area contributed by atoms with Crippen molar-refractivity contribution in [2.24, 2.45) is 23.2 Å². The molecule has 0 amide bonds. The number of hydrogen-bond acceptors (Lipinski definition) is 2. The van der Waals surface area contributed by atoms with E-state index in [9.17, 15) is 14.7 Å². The number of carbonyl (C=O) groups is 2. The second-order valence-electron chi connectivity index (χ2n) is 6.31. The Hall–Kier alpha value is -1.64. The molecule has 1 aromatic carbocycles. The second kappa shape index (κ2) is 4.44. The van der Waals surface area contributed by atoms with Gasteiger partial charge in [-0.15, -0.1) is 0 Å². The van der Waals surface area contributed by atoms with Crippen LogP contribution in [0.2, 0.25) is 0 Å². The summed E-state index contributed by atoms with van der Waals surface area (Å²) in [7, 11) is 0. The standard InChI is InChI=1S/C17H20O3/c1-3-17(16(19)20)13-9-12(15(18)14(13)17)8-11-6-4-10(2)5-7-11/h4-7,12-14H,3,8-9H2,1-2H3,(H,19,20). The molecule has 2 aliphatic carbocycles. The lowest BCUT2D eigenvalue weighted by molar-refractivity contribution is -0.147. The topological polar surface area (TPSA) is 54.4 Å². The summed E-state index contributed by atoms with van der Waals surface area (Å²) in [5, 5.41) is 9.38. The Morgan fingerprint density at radius 2 is 2.00 bits per heavy atom. The maximum Gasteiger partial charge on any atom is 0.310 e. The van der Waals surface area contributed by atoms with Gasteiger partial charge in [-0.2, -0.15) is 0 Å². The quantitative estimate of drug-likeness (QED) is 0.917. The third-order valence-electron chi connectivity index (χ3n) is 5.34. The van der Waals surface area contributed by atoms with Gasteiger partial charge < -0.3 is 5.11 Å². The highest BCUT2D eigenvalue weighted by atomic mass is 16.4. The smallest absolute Gasteiger partial charge is 0.310 e. The SMILES string of the molecule is CCC1(C(=O)O)C2CC(Cc3ccc(C)cc3)C(=O)C21. The number of carboxylic acids is 1. The lowest BCUT2D eigenvalue weighted by Gasteiger charge is -2.18. The van der Waals surface area contributed by atoms with Crippen LogP contribution in [0.4, 0.5) is 0 Å². The zero-order chi connectivity index (χ0) is 14.5. The molecular weight excluding hydrogens is 252 g/mol. The molecule has 0 aromatic heterocycles. The van der Waals surface area contributed by atoms with Crippen LogP contribution in [-0.4, -0.2) is 16.9 Å². The van der Waals surface area contributed by atoms with Gasteiger partial charge in [0.05, 0.1) is 5.41 Å². The molecule has 4 unspecified atom stereocenters. The van der Waals surface area contributed by atoms with E-state index in [4.69, 9.17) is 0 Å². The van der Waals surface area contributed by atoms with Gasteiger partial charge in [-0.05, 0) is 37.7 Å². The van der Waals surface area contributed by atoms with Crippen molar-refractivity contribution < 1.29 is 14.7 Å². The minimum absolute atomic E-state index is 0.0201. The van der Waals surface area contributed by atoms with Gasteiger partial charge in [0, 0.05) is 11.8 Å². The Balaban J connectivity index is 1.71. The number of carbonyl (C=O) groups excluding carboxylic acids is 1. The molecule has 3 rings (SSSR count).